The molecule has 5 heteroatoms. The quantitative estimate of drug-likeness (QED) is 0.912. The van der Waals surface area contributed by atoms with Gasteiger partial charge in [0.2, 0.25) is 0 Å². The van der Waals surface area contributed by atoms with E-state index in [1.165, 1.54) is 11.1 Å². The molecule has 2 aromatic rings. The van der Waals surface area contributed by atoms with Crippen LogP contribution in [0.4, 0.5) is 0 Å². The van der Waals surface area contributed by atoms with Gasteiger partial charge >= 0.3 is 0 Å². The molecular formula is C14H17N3O2. The van der Waals surface area contributed by atoms with Gasteiger partial charge in [-0.05, 0) is 23.3 Å². The molecule has 0 saturated carbocycles. The van der Waals surface area contributed by atoms with Crippen molar-refractivity contribution in [2.45, 2.75) is 39.6 Å². The largest absolute Gasteiger partial charge is 0.372 e. The van der Waals surface area contributed by atoms with Crippen molar-refractivity contribution in [1.82, 2.24) is 15.5 Å². The molecule has 1 aromatic carbocycles. The molecule has 1 N–H and O–H groups in total. The average Bonchev–Trinajstić information content (AvgIpc) is 3.04. The van der Waals surface area contributed by atoms with Crippen molar-refractivity contribution in [1.29, 1.82) is 0 Å². The molecule has 0 amide bonds. The molecular weight excluding hydrogens is 242 g/mol. The summed E-state index contributed by atoms with van der Waals surface area (Å²) in [6.45, 7) is 6.15. The Morgan fingerprint density at radius 1 is 1.26 bits per heavy atom. The van der Waals surface area contributed by atoms with Crippen LogP contribution in [0, 0.1) is 0 Å². The van der Waals surface area contributed by atoms with E-state index in [0.717, 1.165) is 5.56 Å². The highest BCUT2D eigenvalue weighted by atomic mass is 16.5. The van der Waals surface area contributed by atoms with E-state index in [9.17, 15) is 0 Å². The zero-order valence-electron chi connectivity index (χ0n) is 11.1. The van der Waals surface area contributed by atoms with E-state index in [2.05, 4.69) is 41.4 Å². The highest BCUT2D eigenvalue weighted by Crippen LogP contribution is 2.25. The molecule has 5 nitrogen and oxygen atoms in total. The maximum absolute atomic E-state index is 5.40. The number of ether oxygens (including phenoxy) is 1. The van der Waals surface area contributed by atoms with Gasteiger partial charge in [-0.1, -0.05) is 25.1 Å². The first-order chi connectivity index (χ1) is 9.22. The van der Waals surface area contributed by atoms with Crippen molar-refractivity contribution in [2.75, 3.05) is 0 Å². The second-order valence-electron chi connectivity index (χ2n) is 5.03. The molecule has 100 valence electrons. The van der Waals surface area contributed by atoms with Crippen LogP contribution in [-0.4, -0.2) is 16.2 Å². The molecule has 1 aliphatic heterocycles. The Balaban J connectivity index is 1.79. The Labute approximate surface area is 112 Å². The minimum absolute atomic E-state index is 0.402. The van der Waals surface area contributed by atoms with Crippen molar-refractivity contribution in [3.05, 3.63) is 35.2 Å². The topological polar surface area (TPSA) is 60.2 Å². The smallest absolute Gasteiger partial charge is 0.257 e. The number of aromatic nitrogens is 2. The lowest BCUT2D eigenvalue weighted by Crippen LogP contribution is -2.22. The van der Waals surface area contributed by atoms with Crippen LogP contribution in [0.3, 0.4) is 0 Å². The third kappa shape index (κ3) is 2.67. The van der Waals surface area contributed by atoms with Gasteiger partial charge in [-0.15, -0.1) is 0 Å². The SMILES string of the molecule is CC(C)NCc1noc(-c2ccc3c(c2)COC3)n1. The first-order valence-corrected chi connectivity index (χ1v) is 6.48. The molecule has 0 spiro atoms. The second kappa shape index (κ2) is 5.11. The fraction of sp³-hybridized carbons (Fsp3) is 0.429. The molecule has 0 aliphatic carbocycles. The summed E-state index contributed by atoms with van der Waals surface area (Å²) in [5.41, 5.74) is 3.40. The number of hydrogen-bond donors (Lipinski definition) is 1. The minimum Gasteiger partial charge on any atom is -0.372 e. The predicted molar refractivity (Wildman–Crippen MR) is 70.2 cm³/mol. The van der Waals surface area contributed by atoms with Crippen LogP contribution in [-0.2, 0) is 24.5 Å². The Hall–Kier alpha value is -1.72. The third-order valence-corrected chi connectivity index (χ3v) is 3.10. The molecule has 1 aromatic heterocycles. The van der Waals surface area contributed by atoms with Gasteiger partial charge in [-0.25, -0.2) is 0 Å². The maximum atomic E-state index is 5.40. The zero-order valence-corrected chi connectivity index (χ0v) is 11.1. The van der Waals surface area contributed by atoms with Crippen LogP contribution in [0.1, 0.15) is 30.8 Å². The van der Waals surface area contributed by atoms with Crippen molar-refractivity contribution in [3.63, 3.8) is 0 Å². The predicted octanol–water partition coefficient (Wildman–Crippen LogP) is 2.26. The van der Waals surface area contributed by atoms with Crippen molar-refractivity contribution < 1.29 is 9.26 Å². The van der Waals surface area contributed by atoms with Gasteiger partial charge in [-0.2, -0.15) is 4.98 Å². The molecule has 0 saturated heterocycles. The van der Waals surface area contributed by atoms with E-state index >= 15 is 0 Å². The molecule has 0 fully saturated rings. The van der Waals surface area contributed by atoms with E-state index in [-0.39, 0.29) is 0 Å². The standard InChI is InChI=1S/C14H17N3O2/c1-9(2)15-6-13-16-14(19-17-13)10-3-4-11-7-18-8-12(11)5-10/h3-5,9,15H,6-8H2,1-2H3. The lowest BCUT2D eigenvalue weighted by Gasteiger charge is -2.03. The van der Waals surface area contributed by atoms with E-state index in [1.807, 2.05) is 6.07 Å². The summed E-state index contributed by atoms with van der Waals surface area (Å²) in [6, 6.07) is 6.53. The van der Waals surface area contributed by atoms with E-state index in [1.54, 1.807) is 0 Å². The van der Waals surface area contributed by atoms with Gasteiger partial charge in [0.25, 0.3) is 5.89 Å². The number of nitrogens with one attached hydrogen (secondary N) is 1. The highest BCUT2D eigenvalue weighted by molar-refractivity contribution is 5.56. The molecule has 0 bridgehead atoms. The molecule has 3 rings (SSSR count). The van der Waals surface area contributed by atoms with Crippen LogP contribution in [0.25, 0.3) is 11.5 Å². The normalized spacial score (nSPS) is 14.1. The van der Waals surface area contributed by atoms with Crippen molar-refractivity contribution in [2.24, 2.45) is 0 Å². The molecule has 0 radical (unpaired) electrons. The Bertz CT molecular complexity index is 578. The Kier molecular flexibility index (Phi) is 3.31. The lowest BCUT2D eigenvalue weighted by atomic mass is 10.1. The van der Waals surface area contributed by atoms with Gasteiger partial charge in [0.15, 0.2) is 5.82 Å². The van der Waals surface area contributed by atoms with Crippen molar-refractivity contribution in [3.8, 4) is 11.5 Å². The Morgan fingerprint density at radius 2 is 2.11 bits per heavy atom. The summed E-state index contributed by atoms with van der Waals surface area (Å²) < 4.78 is 10.7. The average molecular weight is 259 g/mol. The first-order valence-electron chi connectivity index (χ1n) is 6.48. The van der Waals surface area contributed by atoms with Gasteiger partial charge in [-0.3, -0.25) is 0 Å². The molecule has 1 aliphatic rings. The third-order valence-electron chi connectivity index (χ3n) is 3.10. The number of rotatable bonds is 4. The van der Waals surface area contributed by atoms with Crippen LogP contribution < -0.4 is 5.32 Å². The summed E-state index contributed by atoms with van der Waals surface area (Å²) in [5, 5.41) is 7.24. The van der Waals surface area contributed by atoms with Crippen LogP contribution in [0.5, 0.6) is 0 Å². The van der Waals surface area contributed by atoms with Gasteiger partial charge < -0.3 is 14.6 Å². The summed E-state index contributed by atoms with van der Waals surface area (Å²) in [4.78, 5) is 4.40. The van der Waals surface area contributed by atoms with Crippen molar-refractivity contribution >= 4 is 0 Å². The van der Waals surface area contributed by atoms with E-state index in [4.69, 9.17) is 9.26 Å². The molecule has 19 heavy (non-hydrogen) atoms. The lowest BCUT2D eigenvalue weighted by molar-refractivity contribution is 0.134. The number of hydrogen-bond acceptors (Lipinski definition) is 5. The van der Waals surface area contributed by atoms with E-state index < -0.39 is 0 Å². The summed E-state index contributed by atoms with van der Waals surface area (Å²) in [6.07, 6.45) is 0. The van der Waals surface area contributed by atoms with Crippen LogP contribution in [0.15, 0.2) is 22.7 Å². The second-order valence-corrected chi connectivity index (χ2v) is 5.03. The number of nitrogens with zero attached hydrogens (tertiary/aromatic N) is 2. The fourth-order valence-corrected chi connectivity index (χ4v) is 2.04. The highest BCUT2D eigenvalue weighted by Gasteiger charge is 2.15. The monoisotopic (exact) mass is 259 g/mol. The van der Waals surface area contributed by atoms with Gasteiger partial charge in [0, 0.05) is 11.6 Å². The maximum Gasteiger partial charge on any atom is 0.257 e. The summed E-state index contributed by atoms with van der Waals surface area (Å²) >= 11 is 0. The summed E-state index contributed by atoms with van der Waals surface area (Å²) in [7, 11) is 0. The fourth-order valence-electron chi connectivity index (χ4n) is 2.04. The van der Waals surface area contributed by atoms with Crippen LogP contribution in [0.2, 0.25) is 0 Å². The first kappa shape index (κ1) is 12.3. The molecule has 0 unspecified atom stereocenters. The molecule has 0 atom stereocenters. The van der Waals surface area contributed by atoms with Gasteiger partial charge in [0.05, 0.1) is 19.8 Å². The van der Waals surface area contributed by atoms with Gasteiger partial charge in [0.1, 0.15) is 0 Å². The summed E-state index contributed by atoms with van der Waals surface area (Å²) in [5.74, 6) is 1.25. The van der Waals surface area contributed by atoms with E-state index in [0.29, 0.717) is 37.5 Å². The Morgan fingerprint density at radius 3 is 2.95 bits per heavy atom. The minimum atomic E-state index is 0.402. The molecule has 2 heterocycles. The zero-order chi connectivity index (χ0) is 13.2. The number of benzene rings is 1. The number of fused-ring (bicyclic) bond motifs is 1. The van der Waals surface area contributed by atoms with Crippen LogP contribution >= 0.6 is 0 Å².